The first-order chi connectivity index (χ1) is 7.70. The first kappa shape index (κ1) is 10.7. The van der Waals surface area contributed by atoms with E-state index in [0.29, 0.717) is 0 Å². The normalized spacial score (nSPS) is 10.2. The van der Waals surface area contributed by atoms with Crippen LogP contribution in [0.3, 0.4) is 0 Å². The van der Waals surface area contributed by atoms with Crippen LogP contribution < -0.4 is 4.74 Å². The Morgan fingerprint density at radius 1 is 0.938 bits per heavy atom. The van der Waals surface area contributed by atoms with E-state index in [1.807, 2.05) is 44.2 Å². The van der Waals surface area contributed by atoms with E-state index in [-0.39, 0.29) is 0 Å². The van der Waals surface area contributed by atoms with Crippen molar-refractivity contribution >= 4 is 0 Å². The summed E-state index contributed by atoms with van der Waals surface area (Å²) in [6.07, 6.45) is 0. The average Bonchev–Trinajstić information content (AvgIpc) is 2.33. The Morgan fingerprint density at radius 3 is 2.19 bits per heavy atom. The Bertz CT molecular complexity index is 487. The number of benzene rings is 1. The molecule has 82 valence electrons. The molecule has 2 nitrogen and oxygen atoms in total. The fourth-order valence-corrected chi connectivity index (χ4v) is 1.51. The van der Waals surface area contributed by atoms with Crippen LogP contribution in [-0.4, -0.2) is 7.11 Å². The second-order valence-corrected chi connectivity index (χ2v) is 3.77. The van der Waals surface area contributed by atoms with Gasteiger partial charge in [-0.2, -0.15) is 0 Å². The van der Waals surface area contributed by atoms with Gasteiger partial charge in [0, 0.05) is 11.6 Å². The van der Waals surface area contributed by atoms with Crippen molar-refractivity contribution in [2.24, 2.45) is 0 Å². The predicted molar refractivity (Wildman–Crippen MR) is 64.6 cm³/mol. The fourth-order valence-electron chi connectivity index (χ4n) is 1.51. The Balaban J connectivity index is 2.38. The molecular formula is C14H15O2+. The van der Waals surface area contributed by atoms with Gasteiger partial charge in [-0.25, -0.2) is 4.42 Å². The SMILES string of the molecule is COc1ccc(-c2ccc(C)c(C)[o+]2)cc1. The summed E-state index contributed by atoms with van der Waals surface area (Å²) >= 11 is 0. The van der Waals surface area contributed by atoms with Crippen LogP contribution in [0.5, 0.6) is 5.75 Å². The number of ether oxygens (including phenoxy) is 1. The lowest BCUT2D eigenvalue weighted by atomic mass is 10.1. The molecule has 0 bridgehead atoms. The van der Waals surface area contributed by atoms with E-state index in [4.69, 9.17) is 9.15 Å². The minimum absolute atomic E-state index is 0.854. The Labute approximate surface area is 95.5 Å². The van der Waals surface area contributed by atoms with E-state index in [0.717, 1.165) is 28.4 Å². The number of hydrogen-bond acceptors (Lipinski definition) is 1. The standard InChI is InChI=1S/C14H15O2/c1-10-4-9-14(16-11(10)2)12-5-7-13(15-3)8-6-12/h4-9H,1-3H3/q+1. The molecule has 1 heterocycles. The van der Waals surface area contributed by atoms with E-state index >= 15 is 0 Å². The second-order valence-electron chi connectivity index (χ2n) is 3.77. The van der Waals surface area contributed by atoms with E-state index < -0.39 is 0 Å². The van der Waals surface area contributed by atoms with E-state index in [9.17, 15) is 0 Å². The molecule has 0 N–H and O–H groups in total. The van der Waals surface area contributed by atoms with Gasteiger partial charge in [0.1, 0.15) is 5.75 Å². The van der Waals surface area contributed by atoms with Gasteiger partial charge in [-0.3, -0.25) is 0 Å². The van der Waals surface area contributed by atoms with Gasteiger partial charge in [-0.1, -0.05) is 0 Å². The highest BCUT2D eigenvalue weighted by molar-refractivity contribution is 5.58. The molecule has 16 heavy (non-hydrogen) atoms. The monoisotopic (exact) mass is 215 g/mol. The van der Waals surface area contributed by atoms with Crippen molar-refractivity contribution in [3.8, 4) is 17.1 Å². The molecule has 1 aromatic heterocycles. The Kier molecular flexibility index (Phi) is 2.91. The van der Waals surface area contributed by atoms with E-state index in [1.165, 1.54) is 0 Å². The van der Waals surface area contributed by atoms with Gasteiger partial charge in [0.2, 0.25) is 0 Å². The average molecular weight is 215 g/mol. The first-order valence-electron chi connectivity index (χ1n) is 5.25. The minimum Gasteiger partial charge on any atom is -0.497 e. The van der Waals surface area contributed by atoms with E-state index in [1.54, 1.807) is 7.11 Å². The van der Waals surface area contributed by atoms with Crippen LogP contribution in [-0.2, 0) is 0 Å². The number of aryl methyl sites for hydroxylation is 2. The van der Waals surface area contributed by atoms with Gasteiger partial charge in [0.05, 0.1) is 19.6 Å². The van der Waals surface area contributed by atoms with Crippen molar-refractivity contribution in [3.05, 3.63) is 47.7 Å². The molecular weight excluding hydrogens is 200 g/mol. The Morgan fingerprint density at radius 2 is 1.62 bits per heavy atom. The summed E-state index contributed by atoms with van der Waals surface area (Å²) in [4.78, 5) is 0. The largest absolute Gasteiger partial charge is 0.497 e. The molecule has 0 saturated heterocycles. The smallest absolute Gasteiger partial charge is 0.360 e. The topological polar surface area (TPSA) is 20.5 Å². The molecule has 0 aliphatic heterocycles. The molecule has 0 radical (unpaired) electrons. The lowest BCUT2D eigenvalue weighted by Crippen LogP contribution is -1.85. The lowest BCUT2D eigenvalue weighted by Gasteiger charge is -1.98. The summed E-state index contributed by atoms with van der Waals surface area (Å²) in [5.41, 5.74) is 2.22. The second kappa shape index (κ2) is 4.35. The first-order valence-corrected chi connectivity index (χ1v) is 5.25. The summed E-state index contributed by atoms with van der Waals surface area (Å²) in [5.74, 6) is 2.69. The maximum Gasteiger partial charge on any atom is 0.360 e. The maximum absolute atomic E-state index is 5.73. The van der Waals surface area contributed by atoms with Crippen molar-refractivity contribution in [2.75, 3.05) is 7.11 Å². The summed E-state index contributed by atoms with van der Waals surface area (Å²) < 4.78 is 10.8. The van der Waals surface area contributed by atoms with Crippen LogP contribution in [0, 0.1) is 13.8 Å². The summed E-state index contributed by atoms with van der Waals surface area (Å²) in [5, 5.41) is 0. The maximum atomic E-state index is 5.73. The predicted octanol–water partition coefficient (Wildman–Crippen LogP) is 3.85. The van der Waals surface area contributed by atoms with Crippen LogP contribution in [0.25, 0.3) is 11.3 Å². The van der Waals surface area contributed by atoms with Gasteiger partial charge in [-0.15, -0.1) is 0 Å². The molecule has 0 aliphatic rings. The fraction of sp³-hybridized carbons (Fsp3) is 0.214. The molecule has 0 unspecified atom stereocenters. The Hall–Kier alpha value is -1.83. The van der Waals surface area contributed by atoms with Crippen LogP contribution >= 0.6 is 0 Å². The molecule has 1 aromatic carbocycles. The highest BCUT2D eigenvalue weighted by Crippen LogP contribution is 2.24. The van der Waals surface area contributed by atoms with Crippen LogP contribution in [0.15, 0.2) is 40.8 Å². The van der Waals surface area contributed by atoms with Gasteiger partial charge >= 0.3 is 11.5 Å². The number of hydrogen-bond donors (Lipinski definition) is 0. The molecule has 0 fully saturated rings. The van der Waals surface area contributed by atoms with Gasteiger partial charge < -0.3 is 4.74 Å². The number of rotatable bonds is 2. The minimum atomic E-state index is 0.854. The summed E-state index contributed by atoms with van der Waals surface area (Å²) in [7, 11) is 1.66. The molecule has 0 spiro atoms. The highest BCUT2D eigenvalue weighted by atomic mass is 16.5. The van der Waals surface area contributed by atoms with Crippen molar-refractivity contribution < 1.29 is 9.15 Å². The van der Waals surface area contributed by atoms with Crippen LogP contribution in [0.4, 0.5) is 0 Å². The van der Waals surface area contributed by atoms with Gasteiger partial charge in [-0.05, 0) is 37.3 Å². The molecule has 0 atom stereocenters. The lowest BCUT2D eigenvalue weighted by molar-refractivity contribution is 0.415. The summed E-state index contributed by atoms with van der Waals surface area (Å²) in [6, 6.07) is 11.9. The van der Waals surface area contributed by atoms with Crippen molar-refractivity contribution in [1.29, 1.82) is 0 Å². The van der Waals surface area contributed by atoms with Gasteiger partial charge in [0.15, 0.2) is 0 Å². The molecule has 2 aromatic rings. The quantitative estimate of drug-likeness (QED) is 0.709. The molecule has 0 aliphatic carbocycles. The molecule has 2 rings (SSSR count). The van der Waals surface area contributed by atoms with Crippen molar-refractivity contribution in [1.82, 2.24) is 0 Å². The molecule has 0 saturated carbocycles. The highest BCUT2D eigenvalue weighted by Gasteiger charge is 2.14. The molecule has 0 amide bonds. The third-order valence-corrected chi connectivity index (χ3v) is 2.68. The zero-order chi connectivity index (χ0) is 11.5. The van der Waals surface area contributed by atoms with Crippen molar-refractivity contribution in [2.45, 2.75) is 13.8 Å². The number of methoxy groups -OCH3 is 1. The third kappa shape index (κ3) is 2.06. The zero-order valence-electron chi connectivity index (χ0n) is 9.78. The van der Waals surface area contributed by atoms with Gasteiger partial charge in [0.25, 0.3) is 0 Å². The van der Waals surface area contributed by atoms with Crippen molar-refractivity contribution in [3.63, 3.8) is 0 Å². The summed E-state index contributed by atoms with van der Waals surface area (Å²) in [6.45, 7) is 4.01. The molecule has 2 heteroatoms. The zero-order valence-corrected chi connectivity index (χ0v) is 9.78. The van der Waals surface area contributed by atoms with Crippen LogP contribution in [0.2, 0.25) is 0 Å². The third-order valence-electron chi connectivity index (χ3n) is 2.68. The van der Waals surface area contributed by atoms with E-state index in [2.05, 4.69) is 6.07 Å². The van der Waals surface area contributed by atoms with Crippen LogP contribution in [0.1, 0.15) is 11.3 Å².